The molecule has 0 nitrogen and oxygen atoms in total. The van der Waals surface area contributed by atoms with Crippen molar-refractivity contribution in [3.8, 4) is 0 Å². The van der Waals surface area contributed by atoms with Crippen molar-refractivity contribution in [3.05, 3.63) is 22.7 Å². The van der Waals surface area contributed by atoms with Gasteiger partial charge in [-0.05, 0) is 0 Å². The molecule has 1 aliphatic rings. The molecule has 1 aliphatic carbocycles. The Kier molecular flexibility index (Phi) is 3.96. The van der Waals surface area contributed by atoms with Crippen LogP contribution in [0.2, 0.25) is 11.1 Å². The van der Waals surface area contributed by atoms with Crippen LogP contribution in [0.1, 0.15) is 26.2 Å². The van der Waals surface area contributed by atoms with Crippen LogP contribution >= 0.6 is 0 Å². The first-order valence-corrected chi connectivity index (χ1v) is 6.86. The fraction of sp³-hybridized carbons (Fsp3) is 0.600. The maximum absolute atomic E-state index is 2.45. The second-order valence-corrected chi connectivity index (χ2v) is 6.07. The summed E-state index contributed by atoms with van der Waals surface area (Å²) in [6.07, 6.45) is 10.8. The Balaban J connectivity index is 2.24. The Labute approximate surface area is 74.3 Å². The van der Waals surface area contributed by atoms with Gasteiger partial charge < -0.3 is 0 Å². The van der Waals surface area contributed by atoms with Gasteiger partial charge in [-0.15, -0.1) is 0 Å². The van der Waals surface area contributed by atoms with E-state index in [1.54, 1.807) is 4.47 Å². The minimum absolute atomic E-state index is 0.153. The second-order valence-electron chi connectivity index (χ2n) is 2.88. The standard InChI is InChI=1S/C5H5.C4H9.CH3.Mn/c1-2-4-5-3-1;1-3-4-2;;/h1-3H,4H2;1,3-4H2,2H3;1H3;. The van der Waals surface area contributed by atoms with Crippen molar-refractivity contribution in [2.75, 3.05) is 0 Å². The van der Waals surface area contributed by atoms with Crippen molar-refractivity contribution in [2.24, 2.45) is 0 Å². The second kappa shape index (κ2) is 4.79. The Morgan fingerprint density at radius 2 is 2.36 bits per heavy atom. The maximum atomic E-state index is 2.45. The van der Waals surface area contributed by atoms with Crippen LogP contribution in [-0.4, -0.2) is 0 Å². The quantitative estimate of drug-likeness (QED) is 0.595. The predicted octanol–water partition coefficient (Wildman–Crippen LogP) is 3.71. The Morgan fingerprint density at radius 3 is 2.91 bits per heavy atom. The van der Waals surface area contributed by atoms with E-state index < -0.39 is 0 Å². The first-order chi connectivity index (χ1) is 5.34. The van der Waals surface area contributed by atoms with Crippen molar-refractivity contribution in [3.63, 3.8) is 0 Å². The first-order valence-electron chi connectivity index (χ1n) is 4.26. The molecular formula is C10H17Mn. The average molecular weight is 192 g/mol. The molecule has 0 atom stereocenters. The number of hydrogen-bond acceptors (Lipinski definition) is 0. The molecule has 0 saturated carbocycles. The molecule has 0 aliphatic heterocycles. The van der Waals surface area contributed by atoms with Gasteiger partial charge in [0.05, 0.1) is 0 Å². The molecule has 64 valence electrons. The summed E-state index contributed by atoms with van der Waals surface area (Å²) in [5, 5.41) is 1.47. The topological polar surface area (TPSA) is 0 Å². The van der Waals surface area contributed by atoms with Gasteiger partial charge in [-0.3, -0.25) is 0 Å². The van der Waals surface area contributed by atoms with E-state index in [0.717, 1.165) is 0 Å². The van der Waals surface area contributed by atoms with Crippen molar-refractivity contribution >= 4 is 0 Å². The van der Waals surface area contributed by atoms with Crippen molar-refractivity contribution in [1.82, 2.24) is 0 Å². The summed E-state index contributed by atoms with van der Waals surface area (Å²) in [5.41, 5.74) is 0. The summed E-state index contributed by atoms with van der Waals surface area (Å²) in [4.78, 5) is 0. The summed E-state index contributed by atoms with van der Waals surface area (Å²) < 4.78 is 1.73. The van der Waals surface area contributed by atoms with E-state index in [2.05, 4.69) is 31.0 Å². The molecule has 0 heterocycles. The Morgan fingerprint density at radius 1 is 1.55 bits per heavy atom. The molecule has 0 aromatic rings. The molecule has 1 heteroatoms. The SMILES string of the molecule is CCC[CH2][Mn]([CH3])[C]1=CC=CC1. The van der Waals surface area contributed by atoms with Gasteiger partial charge in [-0.1, -0.05) is 0 Å². The fourth-order valence-corrected chi connectivity index (χ4v) is 3.54. The minimum atomic E-state index is -0.153. The molecule has 0 spiro atoms. The van der Waals surface area contributed by atoms with E-state index in [1.165, 1.54) is 24.6 Å². The molecule has 1 rings (SSSR count). The Bertz CT molecular complexity index is 168. The molecule has 0 aromatic heterocycles. The molecule has 0 bridgehead atoms. The van der Waals surface area contributed by atoms with E-state index in [4.69, 9.17) is 0 Å². The van der Waals surface area contributed by atoms with Crippen LogP contribution in [0.15, 0.2) is 22.7 Å². The molecule has 11 heavy (non-hydrogen) atoms. The van der Waals surface area contributed by atoms with Crippen molar-refractivity contribution in [2.45, 2.75) is 37.3 Å². The van der Waals surface area contributed by atoms with Crippen LogP contribution in [-0.2, 0) is 13.9 Å². The van der Waals surface area contributed by atoms with E-state index in [9.17, 15) is 0 Å². The van der Waals surface area contributed by atoms with Crippen LogP contribution in [0.5, 0.6) is 0 Å². The molecule has 0 N–H and O–H groups in total. The van der Waals surface area contributed by atoms with Gasteiger partial charge in [0.2, 0.25) is 0 Å². The summed E-state index contributed by atoms with van der Waals surface area (Å²) in [7, 11) is 0. The number of rotatable bonds is 4. The zero-order valence-corrected chi connectivity index (χ0v) is 8.62. The van der Waals surface area contributed by atoms with Gasteiger partial charge in [0.1, 0.15) is 0 Å². The molecule has 0 radical (unpaired) electrons. The number of hydrogen-bond donors (Lipinski definition) is 0. The first kappa shape index (κ1) is 9.09. The van der Waals surface area contributed by atoms with Gasteiger partial charge in [-0.2, -0.15) is 0 Å². The van der Waals surface area contributed by atoms with Crippen molar-refractivity contribution < 1.29 is 13.9 Å². The van der Waals surface area contributed by atoms with Crippen LogP contribution in [0.4, 0.5) is 0 Å². The predicted molar refractivity (Wildman–Crippen MR) is 47.4 cm³/mol. The third kappa shape index (κ3) is 2.84. The van der Waals surface area contributed by atoms with E-state index in [0.29, 0.717) is 0 Å². The van der Waals surface area contributed by atoms with Gasteiger partial charge in [0.15, 0.2) is 0 Å². The van der Waals surface area contributed by atoms with Crippen LogP contribution in [0.25, 0.3) is 0 Å². The summed E-state index contributed by atoms with van der Waals surface area (Å²) in [5.74, 6) is 2.45. The van der Waals surface area contributed by atoms with Gasteiger partial charge in [0.25, 0.3) is 0 Å². The molecular weight excluding hydrogens is 175 g/mol. The monoisotopic (exact) mass is 192 g/mol. The van der Waals surface area contributed by atoms with Gasteiger partial charge in [0, 0.05) is 0 Å². The molecule has 0 amide bonds. The number of allylic oxidation sites excluding steroid dienone is 4. The van der Waals surface area contributed by atoms with Crippen LogP contribution in [0.3, 0.4) is 0 Å². The molecule has 0 aromatic carbocycles. The van der Waals surface area contributed by atoms with E-state index in [-0.39, 0.29) is 13.9 Å². The summed E-state index contributed by atoms with van der Waals surface area (Å²) in [6, 6.07) is 0. The zero-order valence-electron chi connectivity index (χ0n) is 7.44. The third-order valence-electron chi connectivity index (χ3n) is 1.91. The summed E-state index contributed by atoms with van der Waals surface area (Å²) >= 11 is -0.153. The van der Waals surface area contributed by atoms with Gasteiger partial charge in [-0.25, -0.2) is 0 Å². The number of unbranched alkanes of at least 4 members (excludes halogenated alkanes) is 1. The van der Waals surface area contributed by atoms with E-state index >= 15 is 0 Å². The summed E-state index contributed by atoms with van der Waals surface area (Å²) in [6.45, 7) is 2.27. The Hall–Kier alpha value is -0.000519. The fourth-order valence-electron chi connectivity index (χ4n) is 1.12. The van der Waals surface area contributed by atoms with Crippen LogP contribution < -0.4 is 0 Å². The van der Waals surface area contributed by atoms with Crippen LogP contribution in [0, 0.1) is 0 Å². The van der Waals surface area contributed by atoms with Gasteiger partial charge >= 0.3 is 73.9 Å². The molecule has 0 fully saturated rings. The van der Waals surface area contributed by atoms with Crippen molar-refractivity contribution in [1.29, 1.82) is 0 Å². The van der Waals surface area contributed by atoms with E-state index in [1.807, 2.05) is 0 Å². The average Bonchev–Trinajstić information content (AvgIpc) is 2.52. The third-order valence-corrected chi connectivity index (χ3v) is 4.95. The zero-order chi connectivity index (χ0) is 8.10. The normalized spacial score (nSPS) is 16.9. The molecule has 0 unspecified atom stereocenters. The molecule has 0 saturated heterocycles.